The Morgan fingerprint density at radius 1 is 1.53 bits per heavy atom. The molecule has 0 saturated carbocycles. The van der Waals surface area contributed by atoms with Crippen LogP contribution >= 0.6 is 11.3 Å². The van der Waals surface area contributed by atoms with Gasteiger partial charge in [0.25, 0.3) is 0 Å². The molecule has 0 unspecified atom stereocenters. The van der Waals surface area contributed by atoms with Crippen molar-refractivity contribution in [1.29, 1.82) is 0 Å². The highest BCUT2D eigenvalue weighted by molar-refractivity contribution is 7.12. The number of hydrogen-bond acceptors (Lipinski definition) is 4. The molecule has 82 valence electrons. The number of thiophene rings is 1. The number of ether oxygens (including phenoxy) is 1. The average molecular weight is 225 g/mol. The molecular weight excluding hydrogens is 210 g/mol. The molecule has 2 heterocycles. The van der Waals surface area contributed by atoms with Gasteiger partial charge in [0.1, 0.15) is 11.0 Å². The van der Waals surface area contributed by atoms with Gasteiger partial charge >= 0.3 is 5.97 Å². The summed E-state index contributed by atoms with van der Waals surface area (Å²) in [5.41, 5.74) is 1.12. The van der Waals surface area contributed by atoms with E-state index >= 15 is 0 Å². The van der Waals surface area contributed by atoms with Crippen molar-refractivity contribution in [1.82, 2.24) is 5.32 Å². The lowest BCUT2D eigenvalue weighted by molar-refractivity contribution is 0.0235. The predicted octanol–water partition coefficient (Wildman–Crippen LogP) is 1.97. The van der Waals surface area contributed by atoms with Gasteiger partial charge in [0.2, 0.25) is 0 Å². The fraction of sp³-hybridized carbons (Fsp3) is 0.545. The summed E-state index contributed by atoms with van der Waals surface area (Å²) in [6.07, 6.45) is 1.95. The monoisotopic (exact) mass is 225 g/mol. The Kier molecular flexibility index (Phi) is 3.38. The third kappa shape index (κ3) is 2.79. The highest BCUT2D eigenvalue weighted by Crippen LogP contribution is 2.17. The maximum absolute atomic E-state index is 11.7. The second-order valence-electron chi connectivity index (χ2n) is 3.84. The first-order valence-electron chi connectivity index (χ1n) is 5.22. The fourth-order valence-corrected chi connectivity index (χ4v) is 2.44. The van der Waals surface area contributed by atoms with Crippen LogP contribution in [0.3, 0.4) is 0 Å². The minimum atomic E-state index is -0.167. The van der Waals surface area contributed by atoms with Crippen molar-refractivity contribution >= 4 is 17.3 Å². The number of aryl methyl sites for hydroxylation is 1. The van der Waals surface area contributed by atoms with Crippen molar-refractivity contribution in [2.75, 3.05) is 13.1 Å². The van der Waals surface area contributed by atoms with Crippen LogP contribution in [0.25, 0.3) is 0 Å². The van der Waals surface area contributed by atoms with Crippen LogP contribution in [0.2, 0.25) is 0 Å². The first-order chi connectivity index (χ1) is 7.25. The number of nitrogens with one attached hydrogen (secondary N) is 1. The van der Waals surface area contributed by atoms with E-state index in [9.17, 15) is 4.79 Å². The van der Waals surface area contributed by atoms with Gasteiger partial charge in [0.05, 0.1) is 0 Å². The minimum absolute atomic E-state index is 0.0983. The SMILES string of the molecule is Cc1csc(C(=O)OC2CCNCC2)c1. The van der Waals surface area contributed by atoms with Crippen molar-refractivity contribution < 1.29 is 9.53 Å². The molecule has 0 aromatic carbocycles. The number of rotatable bonds is 2. The van der Waals surface area contributed by atoms with Crippen molar-refractivity contribution in [2.24, 2.45) is 0 Å². The molecule has 0 aliphatic carbocycles. The van der Waals surface area contributed by atoms with Gasteiger partial charge in [-0.2, -0.15) is 0 Å². The van der Waals surface area contributed by atoms with E-state index in [1.165, 1.54) is 11.3 Å². The van der Waals surface area contributed by atoms with Gasteiger partial charge in [-0.15, -0.1) is 11.3 Å². The van der Waals surface area contributed by atoms with E-state index in [-0.39, 0.29) is 12.1 Å². The molecule has 0 amide bonds. The Balaban J connectivity index is 1.91. The Morgan fingerprint density at radius 2 is 2.27 bits per heavy atom. The third-order valence-electron chi connectivity index (χ3n) is 2.49. The summed E-state index contributed by atoms with van der Waals surface area (Å²) < 4.78 is 5.42. The van der Waals surface area contributed by atoms with Crippen LogP contribution in [0.4, 0.5) is 0 Å². The van der Waals surface area contributed by atoms with E-state index in [1.54, 1.807) is 0 Å². The Bertz CT molecular complexity index is 342. The molecule has 1 aromatic heterocycles. The number of hydrogen-bond donors (Lipinski definition) is 1. The van der Waals surface area contributed by atoms with Crippen molar-refractivity contribution in [3.05, 3.63) is 21.9 Å². The van der Waals surface area contributed by atoms with Crippen LogP contribution < -0.4 is 5.32 Å². The smallest absolute Gasteiger partial charge is 0.348 e. The second-order valence-corrected chi connectivity index (χ2v) is 4.75. The predicted molar refractivity (Wildman–Crippen MR) is 60.4 cm³/mol. The van der Waals surface area contributed by atoms with Gasteiger partial charge in [0, 0.05) is 0 Å². The standard InChI is InChI=1S/C11H15NO2S/c1-8-6-10(15-7-8)11(13)14-9-2-4-12-5-3-9/h6-7,9,12H,2-5H2,1H3. The molecule has 15 heavy (non-hydrogen) atoms. The first-order valence-corrected chi connectivity index (χ1v) is 6.10. The van der Waals surface area contributed by atoms with Gasteiger partial charge in [-0.3, -0.25) is 0 Å². The normalized spacial score (nSPS) is 17.7. The van der Waals surface area contributed by atoms with Crippen LogP contribution in [-0.4, -0.2) is 25.2 Å². The quantitative estimate of drug-likeness (QED) is 0.782. The lowest BCUT2D eigenvalue weighted by atomic mass is 10.1. The summed E-state index contributed by atoms with van der Waals surface area (Å²) in [5, 5.41) is 5.21. The van der Waals surface area contributed by atoms with Gasteiger partial charge in [-0.1, -0.05) is 0 Å². The minimum Gasteiger partial charge on any atom is -0.458 e. The maximum Gasteiger partial charge on any atom is 0.348 e. The lowest BCUT2D eigenvalue weighted by Crippen LogP contribution is -2.33. The zero-order valence-electron chi connectivity index (χ0n) is 8.79. The molecule has 2 rings (SSSR count). The third-order valence-corrected chi connectivity index (χ3v) is 3.52. The molecule has 1 saturated heterocycles. The van der Waals surface area contributed by atoms with Gasteiger partial charge in [-0.05, 0) is 49.9 Å². The van der Waals surface area contributed by atoms with Crippen LogP contribution in [0, 0.1) is 6.92 Å². The summed E-state index contributed by atoms with van der Waals surface area (Å²) >= 11 is 1.46. The van der Waals surface area contributed by atoms with Gasteiger partial charge in [-0.25, -0.2) is 4.79 Å². The number of esters is 1. The van der Waals surface area contributed by atoms with Crippen LogP contribution in [-0.2, 0) is 4.74 Å². The number of carbonyl (C=O) groups excluding carboxylic acids is 1. The average Bonchev–Trinajstić information content (AvgIpc) is 2.66. The summed E-state index contributed by atoms with van der Waals surface area (Å²) in [6, 6.07) is 1.88. The Labute approximate surface area is 93.4 Å². The van der Waals surface area contributed by atoms with E-state index in [4.69, 9.17) is 4.74 Å². The molecular formula is C11H15NO2S. The molecule has 3 nitrogen and oxygen atoms in total. The van der Waals surface area contributed by atoms with Gasteiger partial charge < -0.3 is 10.1 Å². The molecule has 1 aliphatic heterocycles. The van der Waals surface area contributed by atoms with Crippen molar-refractivity contribution in [2.45, 2.75) is 25.9 Å². The maximum atomic E-state index is 11.7. The Morgan fingerprint density at radius 3 is 2.87 bits per heavy atom. The molecule has 1 N–H and O–H groups in total. The molecule has 0 atom stereocenters. The van der Waals surface area contributed by atoms with Crippen LogP contribution in [0.15, 0.2) is 11.4 Å². The zero-order valence-corrected chi connectivity index (χ0v) is 9.60. The molecule has 0 bridgehead atoms. The number of carbonyl (C=O) groups is 1. The highest BCUT2D eigenvalue weighted by Gasteiger charge is 2.19. The van der Waals surface area contributed by atoms with Crippen molar-refractivity contribution in [3.8, 4) is 0 Å². The Hall–Kier alpha value is -0.870. The zero-order chi connectivity index (χ0) is 10.7. The van der Waals surface area contributed by atoms with E-state index in [2.05, 4.69) is 5.32 Å². The molecule has 1 aliphatic rings. The molecule has 0 radical (unpaired) electrons. The molecule has 1 fully saturated rings. The van der Waals surface area contributed by atoms with Crippen LogP contribution in [0.5, 0.6) is 0 Å². The summed E-state index contributed by atoms with van der Waals surface area (Å²) in [6.45, 7) is 3.88. The molecule has 4 heteroatoms. The van der Waals surface area contributed by atoms with Crippen molar-refractivity contribution in [3.63, 3.8) is 0 Å². The summed E-state index contributed by atoms with van der Waals surface area (Å²) in [4.78, 5) is 12.4. The van der Waals surface area contributed by atoms with Gasteiger partial charge in [0.15, 0.2) is 0 Å². The van der Waals surface area contributed by atoms with Crippen LogP contribution in [0.1, 0.15) is 28.1 Å². The molecule has 0 spiro atoms. The fourth-order valence-electron chi connectivity index (χ4n) is 1.66. The number of piperidine rings is 1. The topological polar surface area (TPSA) is 38.3 Å². The van der Waals surface area contributed by atoms with E-state index in [1.807, 2.05) is 18.4 Å². The lowest BCUT2D eigenvalue weighted by Gasteiger charge is -2.22. The summed E-state index contributed by atoms with van der Waals surface area (Å²) in [7, 11) is 0. The highest BCUT2D eigenvalue weighted by atomic mass is 32.1. The van der Waals surface area contributed by atoms with E-state index in [0.29, 0.717) is 4.88 Å². The summed E-state index contributed by atoms with van der Waals surface area (Å²) in [5.74, 6) is -0.167. The van der Waals surface area contributed by atoms with E-state index in [0.717, 1.165) is 31.5 Å². The molecule has 1 aromatic rings. The first kappa shape index (κ1) is 10.6. The van der Waals surface area contributed by atoms with E-state index < -0.39 is 0 Å². The second kappa shape index (κ2) is 4.77. The largest absolute Gasteiger partial charge is 0.458 e.